The predicted octanol–water partition coefficient (Wildman–Crippen LogP) is 3.91. The molecule has 0 radical (unpaired) electrons. The first-order chi connectivity index (χ1) is 12.5. The van der Waals surface area contributed by atoms with E-state index in [-0.39, 0.29) is 16.2 Å². The molecule has 0 N–H and O–H groups in total. The average molecular weight is 368 g/mol. The Morgan fingerprint density at radius 3 is 2.15 bits per heavy atom. The number of para-hydroxylation sites is 1. The van der Waals surface area contributed by atoms with Crippen molar-refractivity contribution in [3.63, 3.8) is 0 Å². The molecule has 6 heteroatoms. The van der Waals surface area contributed by atoms with Crippen molar-refractivity contribution in [3.05, 3.63) is 84.4 Å². The van der Waals surface area contributed by atoms with E-state index in [1.807, 2.05) is 30.3 Å². The number of carbonyl (C=O) groups excluding carboxylic acids is 1. The molecular weight excluding hydrogens is 352 g/mol. The first-order valence-corrected chi connectivity index (χ1v) is 9.20. The zero-order valence-electron chi connectivity index (χ0n) is 14.0. The van der Waals surface area contributed by atoms with Crippen LogP contribution in [0, 0.1) is 0 Å². The van der Waals surface area contributed by atoms with Crippen molar-refractivity contribution in [2.24, 2.45) is 0 Å². The number of hydrogen-bond acceptors (Lipinski definition) is 5. The van der Waals surface area contributed by atoms with E-state index in [1.165, 1.54) is 25.3 Å². The zero-order valence-corrected chi connectivity index (χ0v) is 14.8. The van der Waals surface area contributed by atoms with E-state index in [0.717, 1.165) is 5.56 Å². The highest BCUT2D eigenvalue weighted by atomic mass is 32.2. The fraction of sp³-hybridized carbons (Fsp3) is 0.0500. The van der Waals surface area contributed by atoms with Crippen LogP contribution >= 0.6 is 0 Å². The molecular formula is C20H16O5S. The second-order valence-corrected chi connectivity index (χ2v) is 6.90. The van der Waals surface area contributed by atoms with Gasteiger partial charge in [0.25, 0.3) is 0 Å². The Morgan fingerprint density at radius 1 is 0.808 bits per heavy atom. The molecule has 3 aromatic rings. The minimum Gasteiger partial charge on any atom is -0.465 e. The Morgan fingerprint density at radius 2 is 1.42 bits per heavy atom. The van der Waals surface area contributed by atoms with Gasteiger partial charge in [-0.1, -0.05) is 60.7 Å². The summed E-state index contributed by atoms with van der Waals surface area (Å²) in [6.45, 7) is 0. The van der Waals surface area contributed by atoms with E-state index in [9.17, 15) is 13.2 Å². The summed E-state index contributed by atoms with van der Waals surface area (Å²) in [5.41, 5.74) is 1.30. The van der Waals surface area contributed by atoms with Gasteiger partial charge in [-0.15, -0.1) is 0 Å². The average Bonchev–Trinajstić information content (AvgIpc) is 2.68. The van der Waals surface area contributed by atoms with E-state index in [0.29, 0.717) is 5.56 Å². The summed E-state index contributed by atoms with van der Waals surface area (Å²) in [5, 5.41) is 0. The van der Waals surface area contributed by atoms with Crippen molar-refractivity contribution in [2.75, 3.05) is 7.11 Å². The number of esters is 1. The molecule has 0 atom stereocenters. The highest BCUT2D eigenvalue weighted by Gasteiger charge is 2.24. The summed E-state index contributed by atoms with van der Waals surface area (Å²) in [6.07, 6.45) is 0. The minimum absolute atomic E-state index is 0.0193. The van der Waals surface area contributed by atoms with Crippen molar-refractivity contribution in [1.29, 1.82) is 0 Å². The summed E-state index contributed by atoms with van der Waals surface area (Å²) in [5.74, 6) is -0.755. The van der Waals surface area contributed by atoms with Crippen LogP contribution in [0.1, 0.15) is 10.4 Å². The molecule has 26 heavy (non-hydrogen) atoms. The van der Waals surface area contributed by atoms with E-state index in [1.54, 1.807) is 30.3 Å². The fourth-order valence-electron chi connectivity index (χ4n) is 2.52. The Balaban J connectivity index is 2.05. The van der Waals surface area contributed by atoms with Gasteiger partial charge < -0.3 is 8.92 Å². The second kappa shape index (κ2) is 7.41. The predicted molar refractivity (Wildman–Crippen MR) is 97.5 cm³/mol. The van der Waals surface area contributed by atoms with Gasteiger partial charge in [0.15, 0.2) is 5.75 Å². The SMILES string of the molecule is COC(=O)c1ccccc1OS(=O)(=O)c1ccccc1-c1ccccc1. The number of rotatable bonds is 5. The van der Waals surface area contributed by atoms with Crippen LogP contribution in [0.4, 0.5) is 0 Å². The first-order valence-electron chi connectivity index (χ1n) is 7.79. The maximum absolute atomic E-state index is 12.9. The molecule has 5 nitrogen and oxygen atoms in total. The molecule has 0 aliphatic heterocycles. The Kier molecular flexibility index (Phi) is 5.04. The summed E-state index contributed by atoms with van der Waals surface area (Å²) in [4.78, 5) is 11.9. The Bertz CT molecular complexity index is 1030. The van der Waals surface area contributed by atoms with Crippen molar-refractivity contribution in [3.8, 4) is 16.9 Å². The molecule has 0 heterocycles. The molecule has 0 bridgehead atoms. The third kappa shape index (κ3) is 3.60. The van der Waals surface area contributed by atoms with Crippen LogP contribution in [0.5, 0.6) is 5.75 Å². The van der Waals surface area contributed by atoms with E-state index < -0.39 is 16.1 Å². The van der Waals surface area contributed by atoms with Gasteiger partial charge in [0.05, 0.1) is 7.11 Å². The summed E-state index contributed by atoms with van der Waals surface area (Å²) in [7, 11) is -2.94. The molecule has 3 rings (SSSR count). The smallest absolute Gasteiger partial charge is 0.341 e. The van der Waals surface area contributed by atoms with Crippen LogP contribution in [-0.4, -0.2) is 21.5 Å². The highest BCUT2D eigenvalue weighted by Crippen LogP contribution is 2.30. The summed E-state index contributed by atoms with van der Waals surface area (Å²) < 4.78 is 35.7. The van der Waals surface area contributed by atoms with Crippen LogP contribution in [0.2, 0.25) is 0 Å². The summed E-state index contributed by atoms with van der Waals surface area (Å²) in [6, 6.07) is 21.7. The normalized spacial score (nSPS) is 11.0. The fourth-order valence-corrected chi connectivity index (χ4v) is 3.69. The number of methoxy groups -OCH3 is 1. The molecule has 0 saturated heterocycles. The molecule has 0 spiro atoms. The van der Waals surface area contributed by atoms with Crippen molar-refractivity contribution < 1.29 is 22.1 Å². The molecule has 3 aromatic carbocycles. The van der Waals surface area contributed by atoms with Gasteiger partial charge in [-0.2, -0.15) is 8.42 Å². The van der Waals surface area contributed by atoms with Crippen LogP contribution in [-0.2, 0) is 14.9 Å². The van der Waals surface area contributed by atoms with Gasteiger partial charge in [0.1, 0.15) is 10.5 Å². The van der Waals surface area contributed by atoms with Crippen LogP contribution in [0.15, 0.2) is 83.8 Å². The first kappa shape index (κ1) is 17.7. The number of hydrogen-bond donors (Lipinski definition) is 0. The van der Waals surface area contributed by atoms with Gasteiger partial charge in [-0.3, -0.25) is 0 Å². The van der Waals surface area contributed by atoms with E-state index in [2.05, 4.69) is 4.74 Å². The largest absolute Gasteiger partial charge is 0.465 e. The van der Waals surface area contributed by atoms with E-state index >= 15 is 0 Å². The molecule has 0 aliphatic rings. The number of ether oxygens (including phenoxy) is 1. The molecule has 132 valence electrons. The topological polar surface area (TPSA) is 69.7 Å². The molecule has 0 aliphatic carbocycles. The maximum atomic E-state index is 12.9. The third-order valence-corrected chi connectivity index (χ3v) is 5.03. The van der Waals surface area contributed by atoms with Crippen LogP contribution in [0.25, 0.3) is 11.1 Å². The minimum atomic E-state index is -4.16. The maximum Gasteiger partial charge on any atom is 0.341 e. The van der Waals surface area contributed by atoms with Crippen LogP contribution < -0.4 is 4.18 Å². The van der Waals surface area contributed by atoms with Crippen LogP contribution in [0.3, 0.4) is 0 Å². The van der Waals surface area contributed by atoms with Gasteiger partial charge in [-0.25, -0.2) is 4.79 Å². The van der Waals surface area contributed by atoms with Gasteiger partial charge >= 0.3 is 16.1 Å². The second-order valence-electron chi connectivity index (χ2n) is 5.39. The quantitative estimate of drug-likeness (QED) is 0.504. The third-order valence-electron chi connectivity index (χ3n) is 3.73. The Labute approximate surface area is 151 Å². The monoisotopic (exact) mass is 368 g/mol. The van der Waals surface area contributed by atoms with Crippen molar-refractivity contribution >= 4 is 16.1 Å². The van der Waals surface area contributed by atoms with Crippen molar-refractivity contribution in [2.45, 2.75) is 4.90 Å². The molecule has 0 aromatic heterocycles. The number of benzene rings is 3. The Hall–Kier alpha value is -3.12. The van der Waals surface area contributed by atoms with Gasteiger partial charge in [0, 0.05) is 5.56 Å². The van der Waals surface area contributed by atoms with Crippen molar-refractivity contribution in [1.82, 2.24) is 0 Å². The zero-order chi connectivity index (χ0) is 18.6. The lowest BCUT2D eigenvalue weighted by Gasteiger charge is -2.13. The van der Waals surface area contributed by atoms with Gasteiger partial charge in [-0.05, 0) is 23.8 Å². The lowest BCUT2D eigenvalue weighted by molar-refractivity contribution is 0.0599. The summed E-state index contributed by atoms with van der Waals surface area (Å²) >= 11 is 0. The number of carbonyl (C=O) groups is 1. The lowest BCUT2D eigenvalue weighted by Crippen LogP contribution is -2.14. The highest BCUT2D eigenvalue weighted by molar-refractivity contribution is 7.87. The lowest BCUT2D eigenvalue weighted by atomic mass is 10.1. The standard InChI is InChI=1S/C20H16O5S/c1-24-20(21)17-12-5-7-13-18(17)25-26(22,23)19-14-8-6-11-16(19)15-9-3-2-4-10-15/h2-14H,1H3. The van der Waals surface area contributed by atoms with E-state index in [4.69, 9.17) is 4.18 Å². The molecule has 0 amide bonds. The molecule has 0 saturated carbocycles. The molecule has 0 fully saturated rings. The van der Waals surface area contributed by atoms with Gasteiger partial charge in [0.2, 0.25) is 0 Å². The molecule has 0 unspecified atom stereocenters.